The Balaban J connectivity index is 2.02. The van der Waals surface area contributed by atoms with Gasteiger partial charge < -0.3 is 4.74 Å². The highest BCUT2D eigenvalue weighted by atomic mass is 32.2. The summed E-state index contributed by atoms with van der Waals surface area (Å²) in [4.78, 5) is 11.9. The number of benzene rings is 3. The van der Waals surface area contributed by atoms with Crippen LogP contribution in [0.25, 0.3) is 21.8 Å². The predicted octanol–water partition coefficient (Wildman–Crippen LogP) is 3.95. The first kappa shape index (κ1) is 18.1. The number of para-hydroxylation sites is 1. The van der Waals surface area contributed by atoms with Crippen molar-refractivity contribution in [2.75, 3.05) is 11.8 Å². The third-order valence-corrected chi connectivity index (χ3v) is 6.12. The van der Waals surface area contributed by atoms with E-state index in [4.69, 9.17) is 4.74 Å². The van der Waals surface area contributed by atoms with Gasteiger partial charge in [0.2, 0.25) is 6.41 Å². The molecule has 0 aliphatic carbocycles. The van der Waals surface area contributed by atoms with Gasteiger partial charge in [-0.05, 0) is 37.3 Å². The molecule has 0 fully saturated rings. The molecular weight excluding hydrogens is 376 g/mol. The van der Waals surface area contributed by atoms with Gasteiger partial charge in [-0.2, -0.15) is 0 Å². The van der Waals surface area contributed by atoms with Crippen molar-refractivity contribution in [2.45, 2.75) is 11.8 Å². The van der Waals surface area contributed by atoms with E-state index < -0.39 is 10.0 Å². The fraction of sp³-hybridized carbons (Fsp3) is 0.0952. The van der Waals surface area contributed by atoms with Gasteiger partial charge in [0.15, 0.2) is 0 Å². The SMILES string of the molecule is COc1ccc(S(=O)(=O)Nc2ccc(C)cc2)c2c3ccccc3n(C=O)c12. The van der Waals surface area contributed by atoms with Crippen LogP contribution in [0.3, 0.4) is 0 Å². The van der Waals surface area contributed by atoms with Crippen molar-refractivity contribution in [2.24, 2.45) is 0 Å². The van der Waals surface area contributed by atoms with Crippen LogP contribution in [-0.4, -0.2) is 26.5 Å². The number of fused-ring (bicyclic) bond motifs is 3. The maximum atomic E-state index is 13.2. The maximum Gasteiger partial charge on any atom is 0.262 e. The van der Waals surface area contributed by atoms with Crippen molar-refractivity contribution in [3.8, 4) is 5.75 Å². The number of nitrogens with one attached hydrogen (secondary N) is 1. The van der Waals surface area contributed by atoms with E-state index >= 15 is 0 Å². The summed E-state index contributed by atoms with van der Waals surface area (Å²) in [6.45, 7) is 1.93. The molecule has 0 saturated heterocycles. The Labute approximate surface area is 162 Å². The molecule has 0 aliphatic rings. The summed E-state index contributed by atoms with van der Waals surface area (Å²) in [5.74, 6) is 0.424. The van der Waals surface area contributed by atoms with E-state index in [2.05, 4.69) is 4.72 Å². The molecule has 3 aromatic carbocycles. The summed E-state index contributed by atoms with van der Waals surface area (Å²) < 4.78 is 35.8. The highest BCUT2D eigenvalue weighted by molar-refractivity contribution is 7.93. The third kappa shape index (κ3) is 2.80. The number of aromatic nitrogens is 1. The zero-order valence-corrected chi connectivity index (χ0v) is 16.2. The number of carbonyl (C=O) groups is 1. The largest absolute Gasteiger partial charge is 0.495 e. The van der Waals surface area contributed by atoms with E-state index in [0.717, 1.165) is 5.56 Å². The van der Waals surface area contributed by atoms with Gasteiger partial charge in [-0.25, -0.2) is 8.42 Å². The molecule has 142 valence electrons. The number of aryl methyl sites for hydroxylation is 1. The van der Waals surface area contributed by atoms with E-state index in [0.29, 0.717) is 39.7 Å². The second kappa shape index (κ2) is 6.69. The number of anilines is 1. The second-order valence-corrected chi connectivity index (χ2v) is 8.10. The zero-order valence-electron chi connectivity index (χ0n) is 15.3. The number of rotatable bonds is 5. The number of methoxy groups -OCH3 is 1. The van der Waals surface area contributed by atoms with E-state index in [-0.39, 0.29) is 4.90 Å². The summed E-state index contributed by atoms with van der Waals surface area (Å²) >= 11 is 0. The van der Waals surface area contributed by atoms with Crippen LogP contribution in [0.2, 0.25) is 0 Å². The van der Waals surface area contributed by atoms with Crippen molar-refractivity contribution in [1.82, 2.24) is 4.57 Å². The molecule has 0 atom stereocenters. The highest BCUT2D eigenvalue weighted by Gasteiger charge is 2.24. The van der Waals surface area contributed by atoms with Gasteiger partial charge in [0, 0.05) is 16.5 Å². The van der Waals surface area contributed by atoms with Gasteiger partial charge in [0.05, 0.1) is 23.0 Å². The van der Waals surface area contributed by atoms with Gasteiger partial charge in [0.1, 0.15) is 5.75 Å². The van der Waals surface area contributed by atoms with E-state index in [1.165, 1.54) is 17.7 Å². The van der Waals surface area contributed by atoms with Crippen molar-refractivity contribution in [1.29, 1.82) is 0 Å². The molecule has 1 aromatic heterocycles. The molecule has 0 saturated carbocycles. The van der Waals surface area contributed by atoms with Gasteiger partial charge in [0.25, 0.3) is 10.0 Å². The summed E-state index contributed by atoms with van der Waals surface area (Å²) in [6, 6.07) is 17.3. The first-order valence-electron chi connectivity index (χ1n) is 8.60. The topological polar surface area (TPSA) is 77.4 Å². The van der Waals surface area contributed by atoms with Crippen LogP contribution in [0, 0.1) is 6.92 Å². The monoisotopic (exact) mass is 394 g/mol. The lowest BCUT2D eigenvalue weighted by molar-refractivity contribution is 0.418. The molecule has 0 radical (unpaired) electrons. The standard InChI is InChI=1S/C21H18N2O4S/c1-14-7-9-15(10-8-14)22-28(25,26)19-12-11-18(27-2)21-20(19)16-5-3-4-6-17(16)23(21)13-24/h3-13,22H,1-2H3. The average molecular weight is 394 g/mol. The van der Waals surface area contributed by atoms with Gasteiger partial charge in [-0.3, -0.25) is 14.1 Å². The minimum Gasteiger partial charge on any atom is -0.495 e. The molecule has 0 spiro atoms. The zero-order chi connectivity index (χ0) is 19.9. The van der Waals surface area contributed by atoms with Crippen molar-refractivity contribution >= 4 is 43.9 Å². The molecule has 4 aromatic rings. The minimum atomic E-state index is -3.90. The highest BCUT2D eigenvalue weighted by Crippen LogP contribution is 2.38. The molecular formula is C21H18N2O4S. The Morgan fingerprint density at radius 3 is 2.39 bits per heavy atom. The molecule has 28 heavy (non-hydrogen) atoms. The van der Waals surface area contributed by atoms with Crippen LogP contribution in [0.5, 0.6) is 5.75 Å². The van der Waals surface area contributed by atoms with Crippen molar-refractivity contribution < 1.29 is 17.9 Å². The normalized spacial score (nSPS) is 11.6. The Kier molecular flexibility index (Phi) is 4.31. The molecule has 6 nitrogen and oxygen atoms in total. The van der Waals surface area contributed by atoms with Crippen LogP contribution in [0.15, 0.2) is 65.6 Å². The van der Waals surface area contributed by atoms with E-state index in [1.54, 1.807) is 42.5 Å². The number of carbonyl (C=O) groups excluding carboxylic acids is 1. The van der Waals surface area contributed by atoms with Crippen LogP contribution in [0.1, 0.15) is 5.56 Å². The Hall–Kier alpha value is -3.32. The Morgan fingerprint density at radius 2 is 1.71 bits per heavy atom. The van der Waals surface area contributed by atoms with Crippen molar-refractivity contribution in [3.63, 3.8) is 0 Å². The fourth-order valence-corrected chi connectivity index (χ4v) is 4.68. The van der Waals surface area contributed by atoms with E-state index in [9.17, 15) is 13.2 Å². The molecule has 1 heterocycles. The number of sulfonamides is 1. The molecule has 4 rings (SSSR count). The van der Waals surface area contributed by atoms with Crippen LogP contribution in [-0.2, 0) is 14.8 Å². The molecule has 0 amide bonds. The lowest BCUT2D eigenvalue weighted by Gasteiger charge is -2.12. The number of hydrogen-bond donors (Lipinski definition) is 1. The van der Waals surface area contributed by atoms with Gasteiger partial charge >= 0.3 is 0 Å². The van der Waals surface area contributed by atoms with Crippen molar-refractivity contribution in [3.05, 3.63) is 66.2 Å². The minimum absolute atomic E-state index is 0.0840. The first-order valence-corrected chi connectivity index (χ1v) is 10.1. The lowest BCUT2D eigenvalue weighted by Crippen LogP contribution is -2.13. The molecule has 0 unspecified atom stereocenters. The summed E-state index contributed by atoms with van der Waals surface area (Å²) in [5.41, 5.74) is 2.53. The number of hydrogen-bond acceptors (Lipinski definition) is 4. The fourth-order valence-electron chi connectivity index (χ4n) is 3.40. The maximum absolute atomic E-state index is 13.2. The molecule has 0 aliphatic heterocycles. The first-order chi connectivity index (χ1) is 13.5. The third-order valence-electron chi connectivity index (χ3n) is 4.70. The second-order valence-electron chi connectivity index (χ2n) is 6.45. The summed E-state index contributed by atoms with van der Waals surface area (Å²) in [5, 5.41) is 1.11. The van der Waals surface area contributed by atoms with Crippen LogP contribution < -0.4 is 9.46 Å². The lowest BCUT2D eigenvalue weighted by atomic mass is 10.1. The van der Waals surface area contributed by atoms with Crippen LogP contribution >= 0.6 is 0 Å². The average Bonchev–Trinajstić information content (AvgIpc) is 3.03. The summed E-state index contributed by atoms with van der Waals surface area (Å²) in [7, 11) is -2.41. The molecule has 7 heteroatoms. The van der Waals surface area contributed by atoms with Gasteiger partial charge in [-0.1, -0.05) is 35.9 Å². The van der Waals surface area contributed by atoms with Crippen LogP contribution in [0.4, 0.5) is 5.69 Å². The number of ether oxygens (including phenoxy) is 1. The van der Waals surface area contributed by atoms with Gasteiger partial charge in [-0.15, -0.1) is 0 Å². The quantitative estimate of drug-likeness (QED) is 0.520. The molecule has 0 bridgehead atoms. The summed E-state index contributed by atoms with van der Waals surface area (Å²) in [6.07, 6.45) is 0.664. The molecule has 1 N–H and O–H groups in total. The predicted molar refractivity (Wildman–Crippen MR) is 110 cm³/mol. The smallest absolute Gasteiger partial charge is 0.262 e. The van der Waals surface area contributed by atoms with E-state index in [1.807, 2.05) is 19.1 Å². The number of nitrogens with zero attached hydrogens (tertiary/aromatic N) is 1. The Bertz CT molecular complexity index is 1310. The Morgan fingerprint density at radius 1 is 1.00 bits per heavy atom.